The van der Waals surface area contributed by atoms with E-state index in [1.54, 1.807) is 19.1 Å². The summed E-state index contributed by atoms with van der Waals surface area (Å²) in [4.78, 5) is 11.0. The van der Waals surface area contributed by atoms with E-state index in [-0.39, 0.29) is 5.75 Å². The second-order valence-electron chi connectivity index (χ2n) is 4.74. The number of aliphatic carboxylic acids is 1. The van der Waals surface area contributed by atoms with E-state index in [1.165, 1.54) is 6.07 Å². The Morgan fingerprint density at radius 3 is 2.89 bits per heavy atom. The van der Waals surface area contributed by atoms with Crippen molar-refractivity contribution in [3.05, 3.63) is 29.6 Å². The van der Waals surface area contributed by atoms with Gasteiger partial charge in [0.1, 0.15) is 0 Å². The third-order valence-corrected chi connectivity index (χ3v) is 3.11. The highest BCUT2D eigenvalue weighted by Crippen LogP contribution is 2.26. The summed E-state index contributed by atoms with van der Waals surface area (Å²) in [5, 5.41) is 12.2. The smallest absolute Gasteiger partial charge is 0.344 e. The Balaban J connectivity index is 2.13. The number of halogens is 1. The van der Waals surface area contributed by atoms with Gasteiger partial charge < -0.3 is 15.2 Å². The summed E-state index contributed by atoms with van der Waals surface area (Å²) in [6, 6.07) is 5.14. The summed E-state index contributed by atoms with van der Waals surface area (Å²) < 4.78 is 19.1. The molecule has 1 unspecified atom stereocenters. The third-order valence-electron chi connectivity index (χ3n) is 3.11. The second-order valence-corrected chi connectivity index (χ2v) is 4.74. The number of nitrogens with one attached hydrogen (secondary N) is 1. The molecule has 104 valence electrons. The van der Waals surface area contributed by atoms with E-state index in [0.717, 1.165) is 12.8 Å². The maximum Gasteiger partial charge on any atom is 0.344 e. The van der Waals surface area contributed by atoms with Crippen LogP contribution < -0.4 is 10.1 Å². The van der Waals surface area contributed by atoms with Gasteiger partial charge in [0.25, 0.3) is 0 Å². The van der Waals surface area contributed by atoms with Gasteiger partial charge in [-0.15, -0.1) is 0 Å². The molecule has 0 spiro atoms. The van der Waals surface area contributed by atoms with Crippen molar-refractivity contribution in [2.45, 2.75) is 44.9 Å². The first kappa shape index (κ1) is 13.8. The molecule has 1 aliphatic carbocycles. The van der Waals surface area contributed by atoms with Gasteiger partial charge in [-0.3, -0.25) is 0 Å². The van der Waals surface area contributed by atoms with Gasteiger partial charge in [-0.25, -0.2) is 9.18 Å². The van der Waals surface area contributed by atoms with Crippen LogP contribution in [0.1, 0.15) is 31.7 Å². The molecule has 0 aliphatic heterocycles. The predicted octanol–water partition coefficient (Wildman–Crippen LogP) is 2.32. The largest absolute Gasteiger partial charge is 0.479 e. The SMILES string of the molecule is CCC(Oc1c(F)cccc1CNC1CC1)C(=O)O. The number of benzene rings is 1. The van der Waals surface area contributed by atoms with Gasteiger partial charge in [0.2, 0.25) is 0 Å². The monoisotopic (exact) mass is 267 g/mol. The van der Waals surface area contributed by atoms with Crippen molar-refractivity contribution in [3.63, 3.8) is 0 Å². The number of hydrogen-bond donors (Lipinski definition) is 2. The van der Waals surface area contributed by atoms with Crippen molar-refractivity contribution in [3.8, 4) is 5.75 Å². The number of para-hydroxylation sites is 1. The zero-order valence-corrected chi connectivity index (χ0v) is 10.9. The summed E-state index contributed by atoms with van der Waals surface area (Å²) in [5.74, 6) is -1.55. The highest BCUT2D eigenvalue weighted by Gasteiger charge is 2.23. The minimum atomic E-state index is -1.08. The summed E-state index contributed by atoms with van der Waals surface area (Å²) in [6.45, 7) is 2.19. The number of carboxylic acids is 1. The standard InChI is InChI=1S/C14H18FNO3/c1-2-12(14(17)18)19-13-9(4-3-5-11(13)15)8-16-10-6-7-10/h3-5,10,12,16H,2,6-8H2,1H3,(H,17,18). The fourth-order valence-electron chi connectivity index (χ4n) is 1.82. The number of rotatable bonds is 7. The van der Waals surface area contributed by atoms with Crippen LogP contribution in [0.2, 0.25) is 0 Å². The molecule has 1 atom stereocenters. The van der Waals surface area contributed by atoms with Crippen molar-refractivity contribution in [1.82, 2.24) is 5.32 Å². The van der Waals surface area contributed by atoms with Crippen LogP contribution in [-0.4, -0.2) is 23.2 Å². The van der Waals surface area contributed by atoms with E-state index in [1.807, 2.05) is 0 Å². The average Bonchev–Trinajstić information content (AvgIpc) is 3.19. The Hall–Kier alpha value is -1.62. The first-order valence-electron chi connectivity index (χ1n) is 6.52. The van der Waals surface area contributed by atoms with E-state index in [4.69, 9.17) is 9.84 Å². The van der Waals surface area contributed by atoms with Crippen LogP contribution in [0, 0.1) is 5.82 Å². The lowest BCUT2D eigenvalue weighted by Crippen LogP contribution is -2.27. The van der Waals surface area contributed by atoms with Crippen LogP contribution >= 0.6 is 0 Å². The Kier molecular flexibility index (Phi) is 4.37. The number of ether oxygens (including phenoxy) is 1. The van der Waals surface area contributed by atoms with E-state index in [2.05, 4.69) is 5.32 Å². The summed E-state index contributed by atoms with van der Waals surface area (Å²) in [6.07, 6.45) is 1.55. The molecule has 0 heterocycles. The third kappa shape index (κ3) is 3.67. The zero-order chi connectivity index (χ0) is 13.8. The van der Waals surface area contributed by atoms with Crippen LogP contribution in [0.25, 0.3) is 0 Å². The van der Waals surface area contributed by atoms with E-state index in [0.29, 0.717) is 24.6 Å². The van der Waals surface area contributed by atoms with Crippen molar-refractivity contribution in [1.29, 1.82) is 0 Å². The molecular weight excluding hydrogens is 249 g/mol. The highest BCUT2D eigenvalue weighted by atomic mass is 19.1. The van der Waals surface area contributed by atoms with Crippen molar-refractivity contribution in [2.24, 2.45) is 0 Å². The Bertz CT molecular complexity index is 460. The number of carbonyl (C=O) groups is 1. The van der Waals surface area contributed by atoms with Gasteiger partial charge in [-0.2, -0.15) is 0 Å². The van der Waals surface area contributed by atoms with Gasteiger partial charge in [0.15, 0.2) is 17.7 Å². The lowest BCUT2D eigenvalue weighted by Gasteiger charge is -2.17. The van der Waals surface area contributed by atoms with Crippen LogP contribution in [0.3, 0.4) is 0 Å². The highest BCUT2D eigenvalue weighted by molar-refractivity contribution is 5.72. The fraction of sp³-hybridized carbons (Fsp3) is 0.500. The molecule has 0 saturated heterocycles. The molecule has 0 radical (unpaired) electrons. The van der Waals surface area contributed by atoms with Gasteiger partial charge in [-0.1, -0.05) is 19.1 Å². The lowest BCUT2D eigenvalue weighted by atomic mass is 10.1. The molecule has 19 heavy (non-hydrogen) atoms. The quantitative estimate of drug-likeness (QED) is 0.796. The van der Waals surface area contributed by atoms with Crippen LogP contribution in [0.15, 0.2) is 18.2 Å². The maximum atomic E-state index is 13.8. The number of hydrogen-bond acceptors (Lipinski definition) is 3. The Morgan fingerprint density at radius 1 is 1.58 bits per heavy atom. The molecule has 1 aromatic carbocycles. The van der Waals surface area contributed by atoms with Crippen LogP contribution in [-0.2, 0) is 11.3 Å². The normalized spacial score (nSPS) is 16.1. The van der Waals surface area contributed by atoms with Crippen molar-refractivity contribution in [2.75, 3.05) is 0 Å². The summed E-state index contributed by atoms with van der Waals surface area (Å²) in [5.41, 5.74) is 0.659. The molecule has 1 aromatic rings. The summed E-state index contributed by atoms with van der Waals surface area (Å²) >= 11 is 0. The Morgan fingerprint density at radius 2 is 2.32 bits per heavy atom. The van der Waals surface area contributed by atoms with E-state index >= 15 is 0 Å². The average molecular weight is 267 g/mol. The van der Waals surface area contributed by atoms with Gasteiger partial charge in [-0.05, 0) is 25.3 Å². The van der Waals surface area contributed by atoms with E-state index < -0.39 is 17.9 Å². The molecule has 2 rings (SSSR count). The van der Waals surface area contributed by atoms with Crippen LogP contribution in [0.5, 0.6) is 5.75 Å². The molecule has 0 amide bonds. The molecule has 2 N–H and O–H groups in total. The molecule has 0 bridgehead atoms. The van der Waals surface area contributed by atoms with Crippen molar-refractivity contribution >= 4 is 5.97 Å². The summed E-state index contributed by atoms with van der Waals surface area (Å²) in [7, 11) is 0. The molecule has 1 saturated carbocycles. The molecule has 4 nitrogen and oxygen atoms in total. The molecule has 1 aliphatic rings. The van der Waals surface area contributed by atoms with Gasteiger partial charge in [0.05, 0.1) is 0 Å². The second kappa shape index (κ2) is 6.02. The topological polar surface area (TPSA) is 58.6 Å². The maximum absolute atomic E-state index is 13.8. The Labute approximate surface area is 111 Å². The number of carboxylic acid groups (broad SMARTS) is 1. The molecule has 0 aromatic heterocycles. The minimum absolute atomic E-state index is 0.0462. The molecule has 1 fully saturated rings. The predicted molar refractivity (Wildman–Crippen MR) is 68.6 cm³/mol. The van der Waals surface area contributed by atoms with Gasteiger partial charge >= 0.3 is 5.97 Å². The van der Waals surface area contributed by atoms with Crippen molar-refractivity contribution < 1.29 is 19.0 Å². The van der Waals surface area contributed by atoms with Crippen LogP contribution in [0.4, 0.5) is 4.39 Å². The molecular formula is C14H18FNO3. The first-order chi connectivity index (χ1) is 9.11. The lowest BCUT2D eigenvalue weighted by molar-refractivity contribution is -0.145. The minimum Gasteiger partial charge on any atom is -0.479 e. The van der Waals surface area contributed by atoms with Gasteiger partial charge in [0, 0.05) is 18.2 Å². The van der Waals surface area contributed by atoms with E-state index in [9.17, 15) is 9.18 Å². The molecule has 5 heteroatoms. The first-order valence-corrected chi connectivity index (χ1v) is 6.52. The fourth-order valence-corrected chi connectivity index (χ4v) is 1.82. The zero-order valence-electron chi connectivity index (χ0n) is 10.9.